The summed E-state index contributed by atoms with van der Waals surface area (Å²) in [6, 6.07) is -0.257. The minimum atomic E-state index is -1.05. The Bertz CT molecular complexity index is 884. The number of cyclic esters (lactones) is 1. The molecule has 3 rings (SSSR count). The third-order valence-corrected chi connectivity index (χ3v) is 7.83. The smallest absolute Gasteiger partial charge is 0.410 e. The summed E-state index contributed by atoms with van der Waals surface area (Å²) in [4.78, 5) is 28.9. The minimum Gasteiger partial charge on any atom is -0.476 e. The molecule has 1 aromatic rings. The molecule has 1 amide bonds. The monoisotopic (exact) mass is 464 g/mol. The lowest BCUT2D eigenvalue weighted by atomic mass is 9.63. The van der Waals surface area contributed by atoms with Gasteiger partial charge in [-0.15, -0.1) is 23.2 Å². The van der Waals surface area contributed by atoms with Gasteiger partial charge in [-0.1, -0.05) is 37.3 Å². The lowest BCUT2D eigenvalue weighted by Crippen LogP contribution is -2.41. The number of aromatic nitrogens is 1. The van der Waals surface area contributed by atoms with Crippen molar-refractivity contribution in [3.63, 3.8) is 0 Å². The molecule has 2 fully saturated rings. The van der Waals surface area contributed by atoms with Crippen LogP contribution in [0.4, 0.5) is 4.79 Å². The standard InChI is InChI=1S/C22H28N2O5S2/c1-3-4-5-9-22(10-6-11-22)18(25)8-7-17-15(2)29-21(28)24(17)12-13-30-20-23-16(14-31-20)19(26)27/h7-8,14-15,17-18,25H,3,6,9-13H2,1-2H3,(H,26,27)/b8-7+/t15-,17-,18?/m0/s1. The Labute approximate surface area is 190 Å². The van der Waals surface area contributed by atoms with Gasteiger partial charge in [0, 0.05) is 35.9 Å². The summed E-state index contributed by atoms with van der Waals surface area (Å²) in [6.45, 7) is 4.30. The number of aromatic carboxylic acids is 1. The highest BCUT2D eigenvalue weighted by Crippen LogP contribution is 2.47. The Kier molecular flexibility index (Phi) is 8.03. The van der Waals surface area contributed by atoms with E-state index in [9.17, 15) is 14.7 Å². The molecule has 3 atom stereocenters. The Morgan fingerprint density at radius 1 is 1.52 bits per heavy atom. The second-order valence-corrected chi connectivity index (χ2v) is 10.1. The fourth-order valence-corrected chi connectivity index (χ4v) is 5.63. The molecular weight excluding hydrogens is 436 g/mol. The van der Waals surface area contributed by atoms with Crippen molar-refractivity contribution in [3.8, 4) is 11.8 Å². The van der Waals surface area contributed by atoms with Crippen LogP contribution in [0.3, 0.4) is 0 Å². The molecule has 1 unspecified atom stereocenters. The normalized spacial score (nSPS) is 23.2. The van der Waals surface area contributed by atoms with E-state index in [0.29, 0.717) is 23.1 Å². The number of hydrogen-bond donors (Lipinski definition) is 2. The first-order chi connectivity index (χ1) is 14.9. The summed E-state index contributed by atoms with van der Waals surface area (Å²) in [5, 5.41) is 21.3. The number of aliphatic hydroxyl groups is 1. The summed E-state index contributed by atoms with van der Waals surface area (Å²) in [5.41, 5.74) is -0.149. The van der Waals surface area contributed by atoms with Crippen molar-refractivity contribution in [2.45, 2.75) is 68.5 Å². The van der Waals surface area contributed by atoms with Gasteiger partial charge in [-0.05, 0) is 19.8 Å². The van der Waals surface area contributed by atoms with Crippen LogP contribution in [0.2, 0.25) is 0 Å². The number of ether oxygens (including phenoxy) is 1. The van der Waals surface area contributed by atoms with Crippen LogP contribution in [0.25, 0.3) is 0 Å². The van der Waals surface area contributed by atoms with Crippen molar-refractivity contribution in [1.29, 1.82) is 0 Å². The third-order valence-electron chi connectivity index (χ3n) is 5.83. The third kappa shape index (κ3) is 5.62. The van der Waals surface area contributed by atoms with E-state index in [2.05, 4.69) is 16.8 Å². The maximum Gasteiger partial charge on any atom is 0.410 e. The number of rotatable bonds is 9. The summed E-state index contributed by atoms with van der Waals surface area (Å²) < 4.78 is 6.05. The predicted molar refractivity (Wildman–Crippen MR) is 120 cm³/mol. The average molecular weight is 465 g/mol. The van der Waals surface area contributed by atoms with Gasteiger partial charge in [-0.3, -0.25) is 4.90 Å². The van der Waals surface area contributed by atoms with Gasteiger partial charge in [0.15, 0.2) is 10.0 Å². The topological polar surface area (TPSA) is 100.0 Å². The molecule has 9 heteroatoms. The number of nitrogens with zero attached hydrogens (tertiary/aromatic N) is 2. The van der Waals surface area contributed by atoms with Crippen LogP contribution in [0.1, 0.15) is 56.4 Å². The van der Waals surface area contributed by atoms with Gasteiger partial charge < -0.3 is 14.9 Å². The summed E-state index contributed by atoms with van der Waals surface area (Å²) in [6.07, 6.45) is 6.91. The van der Waals surface area contributed by atoms with Gasteiger partial charge in [0.1, 0.15) is 6.10 Å². The quantitative estimate of drug-likeness (QED) is 0.323. The zero-order valence-electron chi connectivity index (χ0n) is 17.7. The zero-order valence-corrected chi connectivity index (χ0v) is 19.4. The molecule has 0 bridgehead atoms. The second-order valence-electron chi connectivity index (χ2n) is 7.85. The largest absolute Gasteiger partial charge is 0.476 e. The molecule has 2 aliphatic rings. The molecule has 7 nitrogen and oxygen atoms in total. The zero-order chi connectivity index (χ0) is 22.4. The molecule has 1 saturated carbocycles. The van der Waals surface area contributed by atoms with Crippen molar-refractivity contribution < 1.29 is 24.5 Å². The minimum absolute atomic E-state index is 0.0325. The van der Waals surface area contributed by atoms with Crippen LogP contribution >= 0.6 is 23.1 Å². The van der Waals surface area contributed by atoms with Crippen LogP contribution in [-0.4, -0.2) is 62.7 Å². The molecule has 2 N–H and O–H groups in total. The molecule has 2 heterocycles. The van der Waals surface area contributed by atoms with E-state index in [0.717, 1.165) is 25.7 Å². The summed E-state index contributed by atoms with van der Waals surface area (Å²) in [5.74, 6) is 5.80. The number of hydrogen-bond acceptors (Lipinski definition) is 7. The number of amides is 1. The van der Waals surface area contributed by atoms with Gasteiger partial charge in [0.2, 0.25) is 0 Å². The van der Waals surface area contributed by atoms with Gasteiger partial charge in [0.25, 0.3) is 0 Å². The molecule has 0 aromatic carbocycles. The van der Waals surface area contributed by atoms with Gasteiger partial charge in [-0.25, -0.2) is 14.6 Å². The molecule has 1 aliphatic heterocycles. The van der Waals surface area contributed by atoms with Crippen LogP contribution in [-0.2, 0) is 4.74 Å². The van der Waals surface area contributed by atoms with Crippen molar-refractivity contribution in [2.75, 3.05) is 12.3 Å². The molecule has 1 saturated heterocycles. The van der Waals surface area contributed by atoms with Crippen LogP contribution in [0.5, 0.6) is 0 Å². The fourth-order valence-electron chi connectivity index (χ4n) is 3.82. The highest BCUT2D eigenvalue weighted by molar-refractivity contribution is 8.01. The number of aliphatic hydroxyl groups excluding tert-OH is 1. The van der Waals surface area contributed by atoms with Crippen LogP contribution in [0.15, 0.2) is 21.9 Å². The van der Waals surface area contributed by atoms with E-state index < -0.39 is 12.1 Å². The Morgan fingerprint density at radius 2 is 2.29 bits per heavy atom. The predicted octanol–water partition coefficient (Wildman–Crippen LogP) is 4.03. The molecular formula is C22H28N2O5S2. The number of thiazole rings is 1. The number of thioether (sulfide) groups is 1. The first-order valence-corrected chi connectivity index (χ1v) is 12.3. The van der Waals surface area contributed by atoms with Crippen LogP contribution < -0.4 is 0 Å². The van der Waals surface area contributed by atoms with E-state index in [4.69, 9.17) is 9.84 Å². The van der Waals surface area contributed by atoms with Crippen molar-refractivity contribution in [2.24, 2.45) is 5.41 Å². The SMILES string of the molecule is CCC#CCC1(C(O)/C=C/[C@H]2[C@H](C)OC(=O)N2CCSc2nc(C(=O)O)cs2)CCC1. The lowest BCUT2D eigenvalue weighted by molar-refractivity contribution is -0.00120. The van der Waals surface area contributed by atoms with Crippen molar-refractivity contribution >= 4 is 35.2 Å². The van der Waals surface area contributed by atoms with Crippen LogP contribution in [0, 0.1) is 17.3 Å². The Morgan fingerprint density at radius 3 is 2.90 bits per heavy atom. The second kappa shape index (κ2) is 10.5. The molecule has 1 aromatic heterocycles. The highest BCUT2D eigenvalue weighted by Gasteiger charge is 2.42. The first kappa shape index (κ1) is 23.6. The first-order valence-electron chi connectivity index (χ1n) is 10.5. The average Bonchev–Trinajstić information content (AvgIpc) is 3.27. The van der Waals surface area contributed by atoms with E-state index in [1.807, 2.05) is 19.9 Å². The van der Waals surface area contributed by atoms with Crippen molar-refractivity contribution in [3.05, 3.63) is 23.2 Å². The maximum atomic E-state index is 12.3. The number of carboxylic acid groups (broad SMARTS) is 1. The van der Waals surface area contributed by atoms with Gasteiger partial charge in [-0.2, -0.15) is 0 Å². The molecule has 1 aliphatic carbocycles. The van der Waals surface area contributed by atoms with E-state index in [1.165, 1.54) is 28.5 Å². The molecule has 168 valence electrons. The Hall–Kier alpha value is -2.02. The number of carbonyl (C=O) groups is 2. The van der Waals surface area contributed by atoms with E-state index in [-0.39, 0.29) is 29.3 Å². The summed E-state index contributed by atoms with van der Waals surface area (Å²) >= 11 is 2.68. The van der Waals surface area contributed by atoms with Gasteiger partial charge in [0.05, 0.1) is 12.1 Å². The van der Waals surface area contributed by atoms with E-state index >= 15 is 0 Å². The molecule has 0 radical (unpaired) electrons. The number of carboxylic acids is 1. The lowest BCUT2D eigenvalue weighted by Gasteiger charge is -2.43. The molecule has 0 spiro atoms. The van der Waals surface area contributed by atoms with Gasteiger partial charge >= 0.3 is 12.1 Å². The van der Waals surface area contributed by atoms with E-state index in [1.54, 1.807) is 11.0 Å². The Balaban J connectivity index is 1.59. The fraction of sp³-hybridized carbons (Fsp3) is 0.591. The summed E-state index contributed by atoms with van der Waals surface area (Å²) in [7, 11) is 0. The molecule has 31 heavy (non-hydrogen) atoms. The van der Waals surface area contributed by atoms with Crippen molar-refractivity contribution in [1.82, 2.24) is 9.88 Å². The maximum absolute atomic E-state index is 12.3. The number of carbonyl (C=O) groups excluding carboxylic acids is 1. The highest BCUT2D eigenvalue weighted by atomic mass is 32.2.